The number of rotatable bonds is 4. The number of ether oxygens (including phenoxy) is 2. The molecule has 0 unspecified atom stereocenters. The van der Waals surface area contributed by atoms with Crippen LogP contribution in [0.2, 0.25) is 0 Å². The highest BCUT2D eigenvalue weighted by Crippen LogP contribution is 2.34. The third-order valence-corrected chi connectivity index (χ3v) is 5.43. The first-order valence-electron chi connectivity index (χ1n) is 7.69. The van der Waals surface area contributed by atoms with Gasteiger partial charge in [0.15, 0.2) is 0 Å². The normalized spacial score (nSPS) is 17.9. The fourth-order valence-electron chi connectivity index (χ4n) is 2.90. The Bertz CT molecular complexity index is 785. The van der Waals surface area contributed by atoms with Gasteiger partial charge in [0.2, 0.25) is 0 Å². The molecule has 2 heterocycles. The molecule has 0 saturated carbocycles. The zero-order valence-corrected chi connectivity index (χ0v) is 14.4. The number of carbonyl (C=O) groups is 2. The summed E-state index contributed by atoms with van der Waals surface area (Å²) >= 11 is 1.46. The minimum absolute atomic E-state index is 0.0636. The van der Waals surface area contributed by atoms with Crippen LogP contribution < -0.4 is 4.74 Å². The molecule has 1 fully saturated rings. The molecule has 3 rings (SSSR count). The number of hydrogen-bond donors (Lipinski definition) is 1. The molecule has 0 radical (unpaired) electrons. The summed E-state index contributed by atoms with van der Waals surface area (Å²) in [5.74, 6) is -0.221. The first kappa shape index (κ1) is 16.7. The van der Waals surface area contributed by atoms with E-state index in [0.29, 0.717) is 24.6 Å². The number of morpholine rings is 1. The van der Waals surface area contributed by atoms with Crippen LogP contribution in [0.1, 0.15) is 21.7 Å². The van der Waals surface area contributed by atoms with Gasteiger partial charge in [-0.15, -0.1) is 11.3 Å². The number of carboxylic acid groups (broad SMARTS) is 1. The summed E-state index contributed by atoms with van der Waals surface area (Å²) in [5.41, 5.74) is 0.931. The minimum Gasteiger partial charge on any atom is -0.497 e. The van der Waals surface area contributed by atoms with Crippen LogP contribution in [0.15, 0.2) is 18.2 Å². The molecule has 1 saturated heterocycles. The first-order valence-corrected chi connectivity index (χ1v) is 8.51. The van der Waals surface area contributed by atoms with E-state index in [2.05, 4.69) is 0 Å². The van der Waals surface area contributed by atoms with Crippen molar-refractivity contribution in [3.63, 3.8) is 0 Å². The molecule has 0 bridgehead atoms. The molecule has 1 atom stereocenters. The van der Waals surface area contributed by atoms with E-state index < -0.39 is 12.1 Å². The molecular formula is C17H19NO5S. The monoisotopic (exact) mass is 349 g/mol. The Labute approximate surface area is 143 Å². The van der Waals surface area contributed by atoms with E-state index in [0.717, 1.165) is 21.4 Å². The van der Waals surface area contributed by atoms with E-state index in [1.54, 1.807) is 12.0 Å². The van der Waals surface area contributed by atoms with Crippen molar-refractivity contribution in [2.75, 3.05) is 26.8 Å². The van der Waals surface area contributed by atoms with Gasteiger partial charge >= 0.3 is 5.97 Å². The molecule has 2 aromatic rings. The second kappa shape index (κ2) is 6.78. The molecular weight excluding hydrogens is 330 g/mol. The van der Waals surface area contributed by atoms with Crippen LogP contribution in [0.5, 0.6) is 5.75 Å². The van der Waals surface area contributed by atoms with Crippen LogP contribution in [0.25, 0.3) is 10.1 Å². The number of benzene rings is 1. The number of aliphatic carboxylic acids is 1. The van der Waals surface area contributed by atoms with Crippen molar-refractivity contribution in [3.05, 3.63) is 28.6 Å². The minimum atomic E-state index is -0.917. The zero-order valence-electron chi connectivity index (χ0n) is 13.6. The standard InChI is InChI=1S/C17H19NO5S/c1-10-13-7-11(22-2)3-4-14(13)24-16(10)17(21)18-5-6-23-12(9-18)8-15(19)20/h3-4,7,12H,5-6,8-9H2,1-2H3,(H,19,20)/t12-/m0/s1. The number of thiophene rings is 1. The Morgan fingerprint density at radius 1 is 1.46 bits per heavy atom. The molecule has 1 amide bonds. The van der Waals surface area contributed by atoms with Gasteiger partial charge in [0.1, 0.15) is 5.75 Å². The lowest BCUT2D eigenvalue weighted by Crippen LogP contribution is -2.46. The van der Waals surface area contributed by atoms with Crippen LogP contribution in [0.3, 0.4) is 0 Å². The lowest BCUT2D eigenvalue weighted by molar-refractivity contribution is -0.141. The Kier molecular flexibility index (Phi) is 4.73. The number of aryl methyl sites for hydroxylation is 1. The maximum Gasteiger partial charge on any atom is 0.306 e. The number of nitrogens with zero attached hydrogens (tertiary/aromatic N) is 1. The summed E-state index contributed by atoms with van der Waals surface area (Å²) in [6.07, 6.45) is -0.540. The number of hydrogen-bond acceptors (Lipinski definition) is 5. The Balaban J connectivity index is 1.85. The zero-order chi connectivity index (χ0) is 17.3. The van der Waals surface area contributed by atoms with E-state index in [1.165, 1.54) is 11.3 Å². The van der Waals surface area contributed by atoms with Gasteiger partial charge in [-0.05, 0) is 36.1 Å². The molecule has 1 aromatic carbocycles. The van der Waals surface area contributed by atoms with Gasteiger partial charge in [-0.3, -0.25) is 9.59 Å². The number of fused-ring (bicyclic) bond motifs is 1. The highest BCUT2D eigenvalue weighted by molar-refractivity contribution is 7.21. The highest BCUT2D eigenvalue weighted by Gasteiger charge is 2.28. The lowest BCUT2D eigenvalue weighted by Gasteiger charge is -2.32. The fraction of sp³-hybridized carbons (Fsp3) is 0.412. The summed E-state index contributed by atoms with van der Waals surface area (Å²) in [5, 5.41) is 9.92. The highest BCUT2D eigenvalue weighted by atomic mass is 32.1. The van der Waals surface area contributed by atoms with E-state index in [1.807, 2.05) is 25.1 Å². The molecule has 24 heavy (non-hydrogen) atoms. The molecule has 1 N–H and O–H groups in total. The Morgan fingerprint density at radius 3 is 2.96 bits per heavy atom. The summed E-state index contributed by atoms with van der Waals surface area (Å²) < 4.78 is 11.7. The predicted molar refractivity (Wildman–Crippen MR) is 91.0 cm³/mol. The van der Waals surface area contributed by atoms with Gasteiger partial charge in [0.05, 0.1) is 31.1 Å². The van der Waals surface area contributed by atoms with Gasteiger partial charge in [-0.1, -0.05) is 0 Å². The molecule has 0 aliphatic carbocycles. The van der Waals surface area contributed by atoms with Crippen molar-refractivity contribution in [3.8, 4) is 5.75 Å². The fourth-order valence-corrected chi connectivity index (χ4v) is 4.05. The molecule has 0 spiro atoms. The SMILES string of the molecule is COc1ccc2sc(C(=O)N3CCO[C@@H](CC(=O)O)C3)c(C)c2c1. The van der Waals surface area contributed by atoms with Gasteiger partial charge in [0, 0.05) is 17.8 Å². The van der Waals surface area contributed by atoms with Gasteiger partial charge in [-0.25, -0.2) is 0 Å². The van der Waals surface area contributed by atoms with Crippen molar-refractivity contribution in [2.24, 2.45) is 0 Å². The summed E-state index contributed by atoms with van der Waals surface area (Å²) in [6, 6.07) is 5.77. The van der Waals surface area contributed by atoms with Crippen LogP contribution in [0, 0.1) is 6.92 Å². The van der Waals surface area contributed by atoms with Crippen LogP contribution in [0.4, 0.5) is 0 Å². The van der Waals surface area contributed by atoms with Crippen molar-refractivity contribution in [2.45, 2.75) is 19.4 Å². The van der Waals surface area contributed by atoms with Crippen molar-refractivity contribution in [1.29, 1.82) is 0 Å². The second-order valence-corrected chi connectivity index (χ2v) is 6.81. The summed E-state index contributed by atoms with van der Waals surface area (Å²) in [4.78, 5) is 26.1. The average molecular weight is 349 g/mol. The first-order chi connectivity index (χ1) is 11.5. The molecule has 1 aliphatic rings. The largest absolute Gasteiger partial charge is 0.497 e. The number of carbonyl (C=O) groups excluding carboxylic acids is 1. The van der Waals surface area contributed by atoms with E-state index in [9.17, 15) is 9.59 Å². The second-order valence-electron chi connectivity index (χ2n) is 5.76. The van der Waals surface area contributed by atoms with E-state index in [4.69, 9.17) is 14.6 Å². The van der Waals surface area contributed by atoms with Crippen molar-refractivity contribution >= 4 is 33.3 Å². The number of carboxylic acids is 1. The quantitative estimate of drug-likeness (QED) is 0.918. The molecule has 128 valence electrons. The topological polar surface area (TPSA) is 76.1 Å². The van der Waals surface area contributed by atoms with E-state index in [-0.39, 0.29) is 12.3 Å². The molecule has 1 aromatic heterocycles. The van der Waals surface area contributed by atoms with Crippen LogP contribution in [-0.4, -0.2) is 54.8 Å². The molecule has 6 nitrogen and oxygen atoms in total. The van der Waals surface area contributed by atoms with Crippen molar-refractivity contribution < 1.29 is 24.2 Å². The van der Waals surface area contributed by atoms with Gasteiger partial charge < -0.3 is 19.5 Å². The van der Waals surface area contributed by atoms with Crippen LogP contribution >= 0.6 is 11.3 Å². The molecule has 7 heteroatoms. The maximum absolute atomic E-state index is 12.9. The predicted octanol–water partition coefficient (Wildman–Crippen LogP) is 2.53. The van der Waals surface area contributed by atoms with Gasteiger partial charge in [-0.2, -0.15) is 0 Å². The third kappa shape index (κ3) is 3.22. The average Bonchev–Trinajstić information content (AvgIpc) is 2.90. The Morgan fingerprint density at radius 2 is 2.25 bits per heavy atom. The third-order valence-electron chi connectivity index (χ3n) is 4.17. The lowest BCUT2D eigenvalue weighted by atomic mass is 10.1. The Hall–Kier alpha value is -2.12. The van der Waals surface area contributed by atoms with Crippen LogP contribution in [-0.2, 0) is 9.53 Å². The summed E-state index contributed by atoms with van der Waals surface area (Å²) in [7, 11) is 1.62. The molecule has 1 aliphatic heterocycles. The van der Waals surface area contributed by atoms with Gasteiger partial charge in [0.25, 0.3) is 5.91 Å². The maximum atomic E-state index is 12.9. The summed E-state index contributed by atoms with van der Waals surface area (Å²) in [6.45, 7) is 3.08. The smallest absolute Gasteiger partial charge is 0.306 e. The van der Waals surface area contributed by atoms with E-state index >= 15 is 0 Å². The van der Waals surface area contributed by atoms with Crippen molar-refractivity contribution in [1.82, 2.24) is 4.90 Å². The number of amides is 1. The number of methoxy groups -OCH3 is 1.